The summed E-state index contributed by atoms with van der Waals surface area (Å²) in [5.74, 6) is 0.663. The van der Waals surface area contributed by atoms with Crippen LogP contribution in [0.5, 0.6) is 0 Å². The molecule has 3 N–H and O–H groups in total. The molecule has 0 aromatic carbocycles. The van der Waals surface area contributed by atoms with Crippen molar-refractivity contribution in [3.63, 3.8) is 0 Å². The number of aromatic amines is 1. The molecule has 3 atom stereocenters. The van der Waals surface area contributed by atoms with Gasteiger partial charge >= 0.3 is 0 Å². The maximum absolute atomic E-state index is 11.9. The molecule has 0 spiro atoms. The lowest BCUT2D eigenvalue weighted by Crippen LogP contribution is -2.20. The van der Waals surface area contributed by atoms with Crippen molar-refractivity contribution < 1.29 is 9.47 Å². The third-order valence-electron chi connectivity index (χ3n) is 3.73. The molecule has 1 saturated heterocycles. The van der Waals surface area contributed by atoms with Gasteiger partial charge < -0.3 is 15.2 Å². The van der Waals surface area contributed by atoms with Gasteiger partial charge in [-0.1, -0.05) is 42.4 Å². The summed E-state index contributed by atoms with van der Waals surface area (Å²) in [6.07, 6.45) is 1.88. The van der Waals surface area contributed by atoms with Gasteiger partial charge in [-0.05, 0) is 6.92 Å². The molecule has 2 aromatic rings. The van der Waals surface area contributed by atoms with Gasteiger partial charge in [0.1, 0.15) is 12.2 Å². The van der Waals surface area contributed by atoms with E-state index in [2.05, 4.69) is 35.7 Å². The van der Waals surface area contributed by atoms with Gasteiger partial charge in [0.05, 0.1) is 18.5 Å². The van der Waals surface area contributed by atoms with Crippen LogP contribution in [0.1, 0.15) is 40.3 Å². The maximum Gasteiger partial charge on any atom is 0.280 e. The van der Waals surface area contributed by atoms with Gasteiger partial charge in [0.25, 0.3) is 5.56 Å². The molecule has 25 heavy (non-hydrogen) atoms. The second-order valence-electron chi connectivity index (χ2n) is 6.94. The first-order valence-electron chi connectivity index (χ1n) is 8.04. The van der Waals surface area contributed by atoms with Gasteiger partial charge in [0.15, 0.2) is 11.2 Å². The Labute approximate surface area is 153 Å². The fraction of sp³-hybridized carbons (Fsp3) is 0.667. The maximum atomic E-state index is 11.9. The quantitative estimate of drug-likeness (QED) is 0.459. The predicted octanol–water partition coefficient (Wildman–Crippen LogP) is 2.53. The monoisotopic (exact) mass is 385 g/mol. The van der Waals surface area contributed by atoms with Crippen LogP contribution < -0.4 is 11.3 Å². The van der Waals surface area contributed by atoms with Crippen molar-refractivity contribution in [2.24, 2.45) is 0 Å². The summed E-state index contributed by atoms with van der Waals surface area (Å²) >= 11 is 0. The van der Waals surface area contributed by atoms with E-state index in [9.17, 15) is 4.79 Å². The summed E-state index contributed by atoms with van der Waals surface area (Å²) in [5, 5.41) is 0. The lowest BCUT2D eigenvalue weighted by atomic mass is 10.2. The molecule has 1 aliphatic rings. The van der Waals surface area contributed by atoms with Crippen molar-refractivity contribution in [2.75, 3.05) is 11.7 Å². The molecule has 1 fully saturated rings. The Balaban J connectivity index is 1.67. The van der Waals surface area contributed by atoms with Crippen molar-refractivity contribution in [3.05, 3.63) is 16.7 Å². The molecule has 1 aliphatic heterocycles. The van der Waals surface area contributed by atoms with E-state index in [0.717, 1.165) is 0 Å². The number of nitrogens with one attached hydrogen (secondary N) is 1. The summed E-state index contributed by atoms with van der Waals surface area (Å²) in [6.45, 7) is 8.51. The Bertz CT molecular complexity index is 801. The molecule has 0 bridgehead atoms. The average molecular weight is 386 g/mol. The number of imidazole rings is 1. The second kappa shape index (κ2) is 7.18. The SMILES string of the molecule is CC1O[C@@H](n2cnc3c(=O)[nH]c(N)nc32)C[C@H]1OCSSC(C)(C)C. The van der Waals surface area contributed by atoms with Gasteiger partial charge in [0.2, 0.25) is 5.95 Å². The fourth-order valence-corrected chi connectivity index (χ4v) is 4.64. The zero-order chi connectivity index (χ0) is 18.2. The third-order valence-corrected chi connectivity index (χ3v) is 6.72. The zero-order valence-electron chi connectivity index (χ0n) is 14.7. The van der Waals surface area contributed by atoms with Crippen molar-refractivity contribution >= 4 is 38.7 Å². The number of aromatic nitrogens is 4. The Morgan fingerprint density at radius 2 is 2.28 bits per heavy atom. The highest BCUT2D eigenvalue weighted by molar-refractivity contribution is 8.77. The van der Waals surface area contributed by atoms with Crippen LogP contribution in [0.2, 0.25) is 0 Å². The molecule has 2 aromatic heterocycles. The Kier molecular flexibility index (Phi) is 5.33. The minimum absolute atomic E-state index is 0.0186. The topological polar surface area (TPSA) is 108 Å². The minimum atomic E-state index is -0.351. The lowest BCUT2D eigenvalue weighted by Gasteiger charge is -2.18. The van der Waals surface area contributed by atoms with E-state index < -0.39 is 0 Å². The Morgan fingerprint density at radius 1 is 1.52 bits per heavy atom. The van der Waals surface area contributed by atoms with E-state index in [1.165, 1.54) is 0 Å². The Hall–Kier alpha value is -1.23. The number of nitrogen functional groups attached to an aromatic ring is 1. The van der Waals surface area contributed by atoms with Gasteiger partial charge in [-0.15, -0.1) is 0 Å². The summed E-state index contributed by atoms with van der Waals surface area (Å²) in [4.78, 5) is 22.7. The molecule has 0 amide bonds. The number of anilines is 1. The number of nitrogens with two attached hydrogens (primary N) is 1. The van der Waals surface area contributed by atoms with E-state index in [4.69, 9.17) is 15.2 Å². The number of fused-ring (bicyclic) bond motifs is 1. The number of hydrogen-bond acceptors (Lipinski definition) is 8. The molecule has 138 valence electrons. The van der Waals surface area contributed by atoms with Crippen LogP contribution in [0.15, 0.2) is 11.1 Å². The Morgan fingerprint density at radius 3 is 3.00 bits per heavy atom. The smallest absolute Gasteiger partial charge is 0.280 e. The van der Waals surface area contributed by atoms with Crippen molar-refractivity contribution in [1.29, 1.82) is 0 Å². The number of hydrogen-bond donors (Lipinski definition) is 2. The number of ether oxygens (including phenoxy) is 2. The van der Waals surface area contributed by atoms with Crippen molar-refractivity contribution in [3.8, 4) is 0 Å². The second-order valence-corrected chi connectivity index (χ2v) is 10.0. The third kappa shape index (κ3) is 4.30. The molecular formula is C15H23N5O3S2. The molecule has 0 aliphatic carbocycles. The van der Waals surface area contributed by atoms with Crippen LogP contribution in [0, 0.1) is 0 Å². The van der Waals surface area contributed by atoms with Gasteiger partial charge in [-0.2, -0.15) is 4.98 Å². The molecular weight excluding hydrogens is 362 g/mol. The van der Waals surface area contributed by atoms with Crippen LogP contribution in [0.25, 0.3) is 11.2 Å². The molecule has 1 unspecified atom stereocenters. The number of H-pyrrole nitrogens is 1. The highest BCUT2D eigenvalue weighted by Gasteiger charge is 2.35. The van der Waals surface area contributed by atoms with Crippen molar-refractivity contribution in [2.45, 2.75) is 57.3 Å². The summed E-state index contributed by atoms with van der Waals surface area (Å²) < 4.78 is 13.9. The first-order valence-corrected chi connectivity index (χ1v) is 10.4. The minimum Gasteiger partial charge on any atom is -0.369 e. The van der Waals surface area contributed by atoms with E-state index in [-0.39, 0.29) is 40.2 Å². The standard InChI is InChI=1S/C15H23N5O3S2/c1-8-9(22-7-24-25-15(2,3)4)5-10(23-8)20-6-17-11-12(20)18-14(16)19-13(11)21/h6,8-10H,5,7H2,1-4H3,(H3,16,18,19,21)/t8?,9-,10-/m1/s1. The first-order chi connectivity index (χ1) is 11.7. The summed E-state index contributed by atoms with van der Waals surface area (Å²) in [6, 6.07) is 0. The highest BCUT2D eigenvalue weighted by Crippen LogP contribution is 2.37. The van der Waals surface area contributed by atoms with Crippen LogP contribution in [0.4, 0.5) is 5.95 Å². The molecule has 8 nitrogen and oxygen atoms in total. The zero-order valence-corrected chi connectivity index (χ0v) is 16.3. The van der Waals surface area contributed by atoms with Crippen LogP contribution in [-0.4, -0.2) is 42.4 Å². The van der Waals surface area contributed by atoms with Crippen LogP contribution >= 0.6 is 21.6 Å². The van der Waals surface area contributed by atoms with E-state index in [1.807, 2.05) is 6.92 Å². The normalized spacial score (nSPS) is 24.2. The highest BCUT2D eigenvalue weighted by atomic mass is 33.1. The molecule has 10 heteroatoms. The van der Waals surface area contributed by atoms with Gasteiger partial charge in [-0.3, -0.25) is 14.3 Å². The lowest BCUT2D eigenvalue weighted by molar-refractivity contribution is -0.0179. The number of rotatable bonds is 5. The summed E-state index contributed by atoms with van der Waals surface area (Å²) in [5.41, 5.74) is 5.98. The van der Waals surface area contributed by atoms with E-state index >= 15 is 0 Å². The molecule has 3 heterocycles. The van der Waals surface area contributed by atoms with Gasteiger partial charge in [0, 0.05) is 11.2 Å². The first kappa shape index (κ1) is 18.6. The van der Waals surface area contributed by atoms with Crippen LogP contribution in [-0.2, 0) is 9.47 Å². The molecule has 0 saturated carbocycles. The van der Waals surface area contributed by atoms with Gasteiger partial charge in [-0.25, -0.2) is 4.98 Å². The van der Waals surface area contributed by atoms with Crippen LogP contribution in [0.3, 0.4) is 0 Å². The summed E-state index contributed by atoms with van der Waals surface area (Å²) in [7, 11) is 3.50. The number of nitrogens with zero attached hydrogens (tertiary/aromatic N) is 3. The predicted molar refractivity (Wildman–Crippen MR) is 101 cm³/mol. The van der Waals surface area contributed by atoms with E-state index in [1.54, 1.807) is 32.5 Å². The average Bonchev–Trinajstić information content (AvgIpc) is 3.06. The van der Waals surface area contributed by atoms with E-state index in [0.29, 0.717) is 18.0 Å². The largest absolute Gasteiger partial charge is 0.369 e. The molecule has 0 radical (unpaired) electrons. The van der Waals surface area contributed by atoms with Crippen molar-refractivity contribution in [1.82, 2.24) is 19.5 Å². The molecule has 3 rings (SSSR count). The fourth-order valence-electron chi connectivity index (χ4n) is 2.63.